The van der Waals surface area contributed by atoms with Crippen LogP contribution in [-0.4, -0.2) is 36.5 Å². The molecule has 0 spiro atoms. The highest BCUT2D eigenvalue weighted by molar-refractivity contribution is 6.09. The smallest absolute Gasteiger partial charge is 0.387 e. The lowest BCUT2D eigenvalue weighted by atomic mass is 9.82. The molecule has 3 N–H and O–H groups in total. The van der Waals surface area contributed by atoms with Crippen LogP contribution in [0.3, 0.4) is 0 Å². The summed E-state index contributed by atoms with van der Waals surface area (Å²) in [7, 11) is 1.55. The van der Waals surface area contributed by atoms with Crippen molar-refractivity contribution in [2.24, 2.45) is 10.7 Å². The standard InChI is InChI=1S/C20H22F2N4O2/c1-12(2)24-15-6-4-5-14(11-15)20(17(27)26(3)19(23)25-20)13-7-9-16(10-8-13)28-18(21)22/h4-12,18,24H,1-3H3,(H2,23,25). The van der Waals surface area contributed by atoms with Crippen LogP contribution in [0.15, 0.2) is 53.5 Å². The van der Waals surface area contributed by atoms with Gasteiger partial charge in [0, 0.05) is 18.8 Å². The molecule has 0 radical (unpaired) electrons. The van der Waals surface area contributed by atoms with Gasteiger partial charge in [-0.3, -0.25) is 9.69 Å². The van der Waals surface area contributed by atoms with Gasteiger partial charge in [-0.15, -0.1) is 0 Å². The normalized spacial score (nSPS) is 19.3. The van der Waals surface area contributed by atoms with Crippen LogP contribution in [0.25, 0.3) is 0 Å². The van der Waals surface area contributed by atoms with Crippen molar-refractivity contribution in [1.29, 1.82) is 0 Å². The zero-order valence-electron chi connectivity index (χ0n) is 15.8. The summed E-state index contributed by atoms with van der Waals surface area (Å²) in [6.07, 6.45) is 0. The van der Waals surface area contributed by atoms with Gasteiger partial charge in [-0.05, 0) is 49.2 Å². The monoisotopic (exact) mass is 388 g/mol. The van der Waals surface area contributed by atoms with Crippen LogP contribution in [0.4, 0.5) is 14.5 Å². The molecule has 1 amide bonds. The molecule has 6 nitrogen and oxygen atoms in total. The molecule has 1 heterocycles. The highest BCUT2D eigenvalue weighted by Gasteiger charge is 2.49. The molecule has 1 unspecified atom stereocenters. The maximum absolute atomic E-state index is 13.2. The number of carbonyl (C=O) groups is 1. The largest absolute Gasteiger partial charge is 0.435 e. The number of nitrogens with one attached hydrogen (secondary N) is 1. The van der Waals surface area contributed by atoms with E-state index in [1.165, 1.54) is 17.0 Å². The third-order valence-electron chi connectivity index (χ3n) is 4.47. The van der Waals surface area contributed by atoms with Crippen LogP contribution < -0.4 is 15.8 Å². The minimum Gasteiger partial charge on any atom is -0.435 e. The molecule has 3 rings (SSSR count). The number of halogens is 2. The van der Waals surface area contributed by atoms with Crippen LogP contribution in [0.1, 0.15) is 25.0 Å². The van der Waals surface area contributed by atoms with Gasteiger partial charge in [0.05, 0.1) is 0 Å². The van der Waals surface area contributed by atoms with Gasteiger partial charge >= 0.3 is 6.61 Å². The molecular weight excluding hydrogens is 366 g/mol. The number of anilines is 1. The first-order valence-electron chi connectivity index (χ1n) is 8.80. The number of ether oxygens (including phenoxy) is 1. The van der Waals surface area contributed by atoms with Gasteiger partial charge in [0.25, 0.3) is 5.91 Å². The van der Waals surface area contributed by atoms with Gasteiger partial charge in [-0.25, -0.2) is 4.99 Å². The lowest BCUT2D eigenvalue weighted by Crippen LogP contribution is -2.41. The van der Waals surface area contributed by atoms with Crippen molar-refractivity contribution < 1.29 is 18.3 Å². The quantitative estimate of drug-likeness (QED) is 0.797. The Balaban J connectivity index is 2.12. The van der Waals surface area contributed by atoms with Crippen molar-refractivity contribution >= 4 is 17.6 Å². The number of hydrogen-bond donors (Lipinski definition) is 2. The molecule has 0 aliphatic carbocycles. The Hall–Kier alpha value is -3.16. The molecular formula is C20H22F2N4O2. The number of amides is 1. The Bertz CT molecular complexity index is 899. The number of carbonyl (C=O) groups excluding carboxylic acids is 1. The van der Waals surface area contributed by atoms with Crippen LogP contribution in [-0.2, 0) is 10.3 Å². The number of benzene rings is 2. The molecule has 2 aromatic carbocycles. The highest BCUT2D eigenvalue weighted by atomic mass is 19.3. The van der Waals surface area contributed by atoms with Gasteiger partial charge in [0.15, 0.2) is 11.5 Å². The number of likely N-dealkylation sites (N-methyl/N-ethyl adjacent to an activating group) is 1. The first kappa shape index (κ1) is 19.6. The van der Waals surface area contributed by atoms with E-state index in [1.54, 1.807) is 25.2 Å². The SMILES string of the molecule is CC(C)Nc1cccc(C2(c3ccc(OC(F)F)cc3)N=C(N)N(C)C2=O)c1. The van der Waals surface area contributed by atoms with E-state index in [4.69, 9.17) is 5.73 Å². The van der Waals surface area contributed by atoms with Crippen LogP contribution in [0.2, 0.25) is 0 Å². The molecule has 0 bridgehead atoms. The molecule has 8 heteroatoms. The topological polar surface area (TPSA) is 80.0 Å². The van der Waals surface area contributed by atoms with E-state index in [1.807, 2.05) is 32.0 Å². The van der Waals surface area contributed by atoms with Gasteiger partial charge in [-0.1, -0.05) is 24.3 Å². The van der Waals surface area contributed by atoms with E-state index in [0.717, 1.165) is 5.69 Å². The maximum atomic E-state index is 13.2. The summed E-state index contributed by atoms with van der Waals surface area (Å²) < 4.78 is 29.3. The third kappa shape index (κ3) is 3.49. The Morgan fingerprint density at radius 1 is 1.14 bits per heavy atom. The van der Waals surface area contributed by atoms with E-state index < -0.39 is 12.2 Å². The van der Waals surface area contributed by atoms with Gasteiger partial charge in [0.2, 0.25) is 0 Å². The summed E-state index contributed by atoms with van der Waals surface area (Å²) >= 11 is 0. The summed E-state index contributed by atoms with van der Waals surface area (Å²) in [6, 6.07) is 13.4. The highest BCUT2D eigenvalue weighted by Crippen LogP contribution is 2.40. The summed E-state index contributed by atoms with van der Waals surface area (Å²) in [4.78, 5) is 19.0. The first-order chi connectivity index (χ1) is 13.2. The predicted molar refractivity (Wildman–Crippen MR) is 103 cm³/mol. The zero-order chi connectivity index (χ0) is 20.5. The second-order valence-electron chi connectivity index (χ2n) is 6.83. The van der Waals surface area contributed by atoms with E-state index in [0.29, 0.717) is 11.1 Å². The van der Waals surface area contributed by atoms with Crippen LogP contribution >= 0.6 is 0 Å². The number of aliphatic imine (C=N–C) groups is 1. The van der Waals surface area contributed by atoms with Gasteiger partial charge < -0.3 is 15.8 Å². The summed E-state index contributed by atoms with van der Waals surface area (Å²) in [5, 5.41) is 3.30. The molecule has 1 aliphatic rings. The number of rotatable bonds is 6. The second kappa shape index (κ2) is 7.46. The zero-order valence-corrected chi connectivity index (χ0v) is 15.8. The maximum Gasteiger partial charge on any atom is 0.387 e. The number of hydrogen-bond acceptors (Lipinski definition) is 5. The fourth-order valence-corrected chi connectivity index (χ4v) is 3.23. The summed E-state index contributed by atoms with van der Waals surface area (Å²) in [5.41, 5.74) is 6.52. The summed E-state index contributed by atoms with van der Waals surface area (Å²) in [5.74, 6) is -0.241. The molecule has 0 aromatic heterocycles. The average molecular weight is 388 g/mol. The van der Waals surface area contributed by atoms with E-state index in [9.17, 15) is 13.6 Å². The van der Waals surface area contributed by atoms with Crippen molar-refractivity contribution in [3.8, 4) is 5.75 Å². The Morgan fingerprint density at radius 3 is 2.36 bits per heavy atom. The van der Waals surface area contributed by atoms with Crippen molar-refractivity contribution in [2.75, 3.05) is 12.4 Å². The Labute approximate surface area is 162 Å². The van der Waals surface area contributed by atoms with Crippen molar-refractivity contribution in [1.82, 2.24) is 4.90 Å². The molecule has 2 aromatic rings. The number of nitrogens with zero attached hydrogens (tertiary/aromatic N) is 2. The van der Waals surface area contributed by atoms with Gasteiger partial charge in [-0.2, -0.15) is 8.78 Å². The Kier molecular flexibility index (Phi) is 5.22. The molecule has 28 heavy (non-hydrogen) atoms. The first-order valence-corrected chi connectivity index (χ1v) is 8.80. The molecule has 148 valence electrons. The average Bonchev–Trinajstić information content (AvgIpc) is 2.86. The number of alkyl halides is 2. The molecule has 0 saturated heterocycles. The second-order valence-corrected chi connectivity index (χ2v) is 6.83. The van der Waals surface area contributed by atoms with Crippen LogP contribution in [0, 0.1) is 0 Å². The van der Waals surface area contributed by atoms with Crippen LogP contribution in [0.5, 0.6) is 5.75 Å². The van der Waals surface area contributed by atoms with Crippen molar-refractivity contribution in [3.63, 3.8) is 0 Å². The van der Waals surface area contributed by atoms with Crippen molar-refractivity contribution in [2.45, 2.75) is 32.0 Å². The molecule has 1 atom stereocenters. The lowest BCUT2D eigenvalue weighted by molar-refractivity contribution is -0.129. The fraction of sp³-hybridized carbons (Fsp3) is 0.300. The summed E-state index contributed by atoms with van der Waals surface area (Å²) in [6.45, 7) is 1.09. The minimum atomic E-state index is -2.92. The van der Waals surface area contributed by atoms with E-state index in [2.05, 4.69) is 15.0 Å². The fourth-order valence-electron chi connectivity index (χ4n) is 3.23. The predicted octanol–water partition coefficient (Wildman–Crippen LogP) is 3.14. The van der Waals surface area contributed by atoms with E-state index in [-0.39, 0.29) is 23.7 Å². The minimum absolute atomic E-state index is 0.000114. The van der Waals surface area contributed by atoms with Gasteiger partial charge in [0.1, 0.15) is 5.75 Å². The number of nitrogens with two attached hydrogens (primary N) is 1. The molecule has 1 aliphatic heterocycles. The number of guanidine groups is 1. The third-order valence-corrected chi connectivity index (χ3v) is 4.47. The van der Waals surface area contributed by atoms with Crippen molar-refractivity contribution in [3.05, 3.63) is 59.7 Å². The van der Waals surface area contributed by atoms with E-state index >= 15 is 0 Å². The lowest BCUT2D eigenvalue weighted by Gasteiger charge is -2.27. The molecule has 0 fully saturated rings. The molecule has 0 saturated carbocycles. The Morgan fingerprint density at radius 2 is 1.82 bits per heavy atom.